The molecule has 1 aliphatic rings. The van der Waals surface area contributed by atoms with Gasteiger partial charge in [-0.15, -0.1) is 0 Å². The SMILES string of the molecule is O=C(Nc1cccc(OCc2cccc(F)c2)c1)c1ccn(C2CCCNC2)n1. The number of hydrogen-bond acceptors (Lipinski definition) is 4. The van der Waals surface area contributed by atoms with Crippen molar-refractivity contribution in [2.75, 3.05) is 18.4 Å². The minimum Gasteiger partial charge on any atom is -0.489 e. The van der Waals surface area contributed by atoms with E-state index in [0.717, 1.165) is 31.5 Å². The molecule has 1 atom stereocenters. The molecule has 0 radical (unpaired) electrons. The van der Waals surface area contributed by atoms with Gasteiger partial charge in [0.2, 0.25) is 0 Å². The maximum absolute atomic E-state index is 13.3. The highest BCUT2D eigenvalue weighted by Gasteiger charge is 2.17. The van der Waals surface area contributed by atoms with Crippen LogP contribution in [0.1, 0.15) is 34.9 Å². The van der Waals surface area contributed by atoms with Crippen LogP contribution in [0.5, 0.6) is 5.75 Å². The summed E-state index contributed by atoms with van der Waals surface area (Å²) in [6.07, 6.45) is 4.01. The highest BCUT2D eigenvalue weighted by molar-refractivity contribution is 6.02. The van der Waals surface area contributed by atoms with E-state index in [1.54, 1.807) is 42.5 Å². The van der Waals surface area contributed by atoms with Crippen molar-refractivity contribution in [1.82, 2.24) is 15.1 Å². The molecule has 1 aromatic heterocycles. The van der Waals surface area contributed by atoms with Crippen LogP contribution in [0, 0.1) is 5.82 Å². The monoisotopic (exact) mass is 394 g/mol. The van der Waals surface area contributed by atoms with E-state index in [4.69, 9.17) is 4.74 Å². The van der Waals surface area contributed by atoms with Gasteiger partial charge in [-0.25, -0.2) is 4.39 Å². The van der Waals surface area contributed by atoms with E-state index in [2.05, 4.69) is 15.7 Å². The summed E-state index contributed by atoms with van der Waals surface area (Å²) in [6.45, 7) is 2.14. The molecule has 1 unspecified atom stereocenters. The number of ether oxygens (including phenoxy) is 1. The number of nitrogens with zero attached hydrogens (tertiary/aromatic N) is 2. The number of anilines is 1. The molecule has 150 valence electrons. The van der Waals surface area contributed by atoms with Crippen molar-refractivity contribution in [3.05, 3.63) is 77.9 Å². The van der Waals surface area contributed by atoms with Crippen LogP contribution in [0.15, 0.2) is 60.8 Å². The molecule has 0 aliphatic carbocycles. The number of nitrogens with one attached hydrogen (secondary N) is 2. The Morgan fingerprint density at radius 2 is 2.14 bits per heavy atom. The molecule has 3 aromatic rings. The first-order valence-corrected chi connectivity index (χ1v) is 9.72. The summed E-state index contributed by atoms with van der Waals surface area (Å²) in [5.74, 6) is 0.0243. The number of aromatic nitrogens is 2. The van der Waals surface area contributed by atoms with Gasteiger partial charge in [-0.05, 0) is 55.3 Å². The van der Waals surface area contributed by atoms with E-state index < -0.39 is 0 Å². The van der Waals surface area contributed by atoms with Crippen LogP contribution in [0.3, 0.4) is 0 Å². The van der Waals surface area contributed by atoms with Gasteiger partial charge in [-0.2, -0.15) is 5.10 Å². The number of halogens is 1. The first-order chi connectivity index (χ1) is 14.2. The molecule has 1 amide bonds. The lowest BCUT2D eigenvalue weighted by atomic mass is 10.1. The predicted octanol–water partition coefficient (Wildman–Crippen LogP) is 3.78. The quantitative estimate of drug-likeness (QED) is 0.668. The van der Waals surface area contributed by atoms with E-state index in [0.29, 0.717) is 17.1 Å². The molecular formula is C22H23FN4O2. The average molecular weight is 394 g/mol. The largest absolute Gasteiger partial charge is 0.489 e. The molecule has 7 heteroatoms. The average Bonchev–Trinajstić information content (AvgIpc) is 3.24. The Morgan fingerprint density at radius 1 is 1.24 bits per heavy atom. The summed E-state index contributed by atoms with van der Waals surface area (Å²) >= 11 is 0. The van der Waals surface area contributed by atoms with Crippen molar-refractivity contribution >= 4 is 11.6 Å². The Bertz CT molecular complexity index is 982. The molecule has 6 nitrogen and oxygen atoms in total. The number of carbonyl (C=O) groups is 1. The number of rotatable bonds is 6. The number of hydrogen-bond donors (Lipinski definition) is 2. The van der Waals surface area contributed by atoms with Gasteiger partial charge in [0.1, 0.15) is 18.2 Å². The predicted molar refractivity (Wildman–Crippen MR) is 108 cm³/mol. The summed E-state index contributed by atoms with van der Waals surface area (Å²) < 4.78 is 20.8. The second kappa shape index (κ2) is 8.87. The lowest BCUT2D eigenvalue weighted by molar-refractivity contribution is 0.102. The topological polar surface area (TPSA) is 68.2 Å². The third-order valence-electron chi connectivity index (χ3n) is 4.87. The molecule has 29 heavy (non-hydrogen) atoms. The Balaban J connectivity index is 1.37. The van der Waals surface area contributed by atoms with E-state index in [9.17, 15) is 9.18 Å². The van der Waals surface area contributed by atoms with E-state index in [1.807, 2.05) is 10.9 Å². The zero-order valence-corrected chi connectivity index (χ0v) is 16.0. The molecule has 2 heterocycles. The highest BCUT2D eigenvalue weighted by atomic mass is 19.1. The van der Waals surface area contributed by atoms with E-state index in [1.165, 1.54) is 12.1 Å². The van der Waals surface area contributed by atoms with Crippen LogP contribution in [-0.2, 0) is 6.61 Å². The Kier molecular flexibility index (Phi) is 5.86. The summed E-state index contributed by atoms with van der Waals surface area (Å²) in [5, 5.41) is 10.6. The Labute approximate surface area is 168 Å². The fourth-order valence-electron chi connectivity index (χ4n) is 3.37. The summed E-state index contributed by atoms with van der Waals surface area (Å²) in [6, 6.07) is 15.4. The molecule has 1 fully saturated rings. The van der Waals surface area contributed by atoms with Crippen molar-refractivity contribution < 1.29 is 13.9 Å². The van der Waals surface area contributed by atoms with Crippen LogP contribution in [0.25, 0.3) is 0 Å². The van der Waals surface area contributed by atoms with Crippen molar-refractivity contribution in [1.29, 1.82) is 0 Å². The molecule has 0 saturated carbocycles. The van der Waals surface area contributed by atoms with E-state index in [-0.39, 0.29) is 24.4 Å². The summed E-state index contributed by atoms with van der Waals surface area (Å²) in [5.41, 5.74) is 1.73. The van der Waals surface area contributed by atoms with Crippen molar-refractivity contribution in [3.8, 4) is 5.75 Å². The molecular weight excluding hydrogens is 371 g/mol. The zero-order valence-electron chi connectivity index (χ0n) is 16.0. The van der Waals surface area contributed by atoms with Gasteiger partial charge in [-0.3, -0.25) is 9.48 Å². The second-order valence-corrected chi connectivity index (χ2v) is 7.08. The third-order valence-corrected chi connectivity index (χ3v) is 4.87. The normalized spacial score (nSPS) is 16.4. The van der Waals surface area contributed by atoms with Gasteiger partial charge in [0.25, 0.3) is 5.91 Å². The van der Waals surface area contributed by atoms with Crippen molar-refractivity contribution in [3.63, 3.8) is 0 Å². The number of amides is 1. The molecule has 2 N–H and O–H groups in total. The molecule has 0 spiro atoms. The Morgan fingerprint density at radius 3 is 2.97 bits per heavy atom. The standard InChI is InChI=1S/C22H23FN4O2/c23-17-5-1-4-16(12-17)15-29-20-8-2-6-18(13-20)25-22(28)21-9-11-27(26-21)19-7-3-10-24-14-19/h1-2,4-6,8-9,11-13,19,24H,3,7,10,14-15H2,(H,25,28). The third kappa shape index (κ3) is 5.00. The first kappa shape index (κ1) is 19.1. The van der Waals surface area contributed by atoms with Gasteiger partial charge in [-0.1, -0.05) is 18.2 Å². The van der Waals surface area contributed by atoms with E-state index >= 15 is 0 Å². The van der Waals surface area contributed by atoms with Crippen LogP contribution in [0.2, 0.25) is 0 Å². The van der Waals surface area contributed by atoms with Crippen molar-refractivity contribution in [2.24, 2.45) is 0 Å². The number of benzene rings is 2. The smallest absolute Gasteiger partial charge is 0.276 e. The molecule has 1 saturated heterocycles. The number of carbonyl (C=O) groups excluding carboxylic acids is 1. The lowest BCUT2D eigenvalue weighted by Gasteiger charge is -2.22. The van der Waals surface area contributed by atoms with Gasteiger partial charge < -0.3 is 15.4 Å². The highest BCUT2D eigenvalue weighted by Crippen LogP contribution is 2.20. The van der Waals surface area contributed by atoms with Crippen LogP contribution < -0.4 is 15.4 Å². The second-order valence-electron chi connectivity index (χ2n) is 7.08. The zero-order chi connectivity index (χ0) is 20.1. The van der Waals surface area contributed by atoms with Crippen molar-refractivity contribution in [2.45, 2.75) is 25.5 Å². The molecule has 2 aromatic carbocycles. The molecule has 4 rings (SSSR count). The molecule has 1 aliphatic heterocycles. The van der Waals surface area contributed by atoms with Gasteiger partial charge >= 0.3 is 0 Å². The fraction of sp³-hybridized carbons (Fsp3) is 0.273. The maximum Gasteiger partial charge on any atom is 0.276 e. The Hall–Kier alpha value is -3.19. The maximum atomic E-state index is 13.3. The minimum absolute atomic E-state index is 0.245. The van der Waals surface area contributed by atoms with Crippen LogP contribution >= 0.6 is 0 Å². The summed E-state index contributed by atoms with van der Waals surface area (Å²) in [4.78, 5) is 12.6. The van der Waals surface area contributed by atoms with Gasteiger partial charge in [0.15, 0.2) is 5.69 Å². The van der Waals surface area contributed by atoms with Gasteiger partial charge in [0, 0.05) is 24.5 Å². The lowest BCUT2D eigenvalue weighted by Crippen LogP contribution is -2.32. The molecule has 0 bridgehead atoms. The first-order valence-electron chi connectivity index (χ1n) is 9.72. The number of piperidine rings is 1. The van der Waals surface area contributed by atoms with Gasteiger partial charge in [0.05, 0.1) is 6.04 Å². The fourth-order valence-corrected chi connectivity index (χ4v) is 3.37. The van der Waals surface area contributed by atoms with Crippen LogP contribution in [0.4, 0.5) is 10.1 Å². The van der Waals surface area contributed by atoms with Crippen LogP contribution in [-0.4, -0.2) is 28.8 Å². The summed E-state index contributed by atoms with van der Waals surface area (Å²) in [7, 11) is 0. The minimum atomic E-state index is -0.296.